The first-order chi connectivity index (χ1) is 14.1. The number of halogens is 1. The Balaban J connectivity index is 1.92. The van der Waals surface area contributed by atoms with Gasteiger partial charge >= 0.3 is 6.03 Å². The van der Waals surface area contributed by atoms with E-state index in [1.54, 1.807) is 4.90 Å². The van der Waals surface area contributed by atoms with Gasteiger partial charge in [0, 0.05) is 41.6 Å². The number of nitrogens with zero attached hydrogens (tertiary/aromatic N) is 3. The van der Waals surface area contributed by atoms with Crippen molar-refractivity contribution in [2.75, 3.05) is 13.1 Å². The summed E-state index contributed by atoms with van der Waals surface area (Å²) in [5.41, 5.74) is 1.52. The summed E-state index contributed by atoms with van der Waals surface area (Å²) in [5.74, 6) is -0.0822. The van der Waals surface area contributed by atoms with Crippen LogP contribution in [0.1, 0.15) is 51.9 Å². The molecule has 1 N–H and O–H groups in total. The zero-order chi connectivity index (χ0) is 22.1. The van der Waals surface area contributed by atoms with Gasteiger partial charge in [0.25, 0.3) is 0 Å². The maximum Gasteiger partial charge on any atom is 0.318 e. The van der Waals surface area contributed by atoms with Gasteiger partial charge in [0.15, 0.2) is 0 Å². The first-order valence-corrected chi connectivity index (χ1v) is 10.7. The Morgan fingerprint density at radius 3 is 2.57 bits per heavy atom. The topological polar surface area (TPSA) is 57.6 Å². The van der Waals surface area contributed by atoms with Crippen LogP contribution in [-0.4, -0.2) is 51.0 Å². The zero-order valence-corrected chi connectivity index (χ0v) is 19.1. The van der Waals surface area contributed by atoms with Crippen LogP contribution < -0.4 is 5.32 Å². The van der Waals surface area contributed by atoms with Gasteiger partial charge in [-0.25, -0.2) is 4.79 Å². The van der Waals surface area contributed by atoms with Crippen molar-refractivity contribution in [1.82, 2.24) is 19.7 Å². The maximum absolute atomic E-state index is 13.5. The standard InChI is InChI=1S/C23H31ClN4O2/c1-16(2)25-22(30)28(23(3,4)5)15-20(29)27-13-12-26-11-7-10-19(26)21(27)17-8-6-9-18(24)14-17/h6-11,14,16,21H,12-13,15H2,1-5H3,(H,25,30). The van der Waals surface area contributed by atoms with E-state index in [1.165, 1.54) is 0 Å². The zero-order valence-electron chi connectivity index (χ0n) is 18.4. The molecule has 1 aliphatic rings. The van der Waals surface area contributed by atoms with Gasteiger partial charge in [-0.15, -0.1) is 0 Å². The quantitative estimate of drug-likeness (QED) is 0.786. The van der Waals surface area contributed by atoms with E-state index in [1.807, 2.05) is 82.1 Å². The van der Waals surface area contributed by atoms with Gasteiger partial charge in [-0.2, -0.15) is 0 Å². The lowest BCUT2D eigenvalue weighted by atomic mass is 9.99. The van der Waals surface area contributed by atoms with Crippen LogP contribution in [-0.2, 0) is 11.3 Å². The molecule has 2 heterocycles. The number of nitrogens with one attached hydrogen (secondary N) is 1. The summed E-state index contributed by atoms with van der Waals surface area (Å²) < 4.78 is 2.17. The van der Waals surface area contributed by atoms with Crippen molar-refractivity contribution in [2.45, 2.75) is 58.8 Å². The third-order valence-electron chi connectivity index (χ3n) is 5.28. The van der Waals surface area contributed by atoms with E-state index in [2.05, 4.69) is 9.88 Å². The average molecular weight is 431 g/mol. The molecule has 6 nitrogen and oxygen atoms in total. The highest BCUT2D eigenvalue weighted by molar-refractivity contribution is 6.30. The molecule has 162 valence electrons. The Kier molecular flexibility index (Phi) is 6.46. The number of urea groups is 1. The fraction of sp³-hybridized carbons (Fsp3) is 0.478. The second-order valence-electron chi connectivity index (χ2n) is 9.03. The number of fused-ring (bicyclic) bond motifs is 1. The molecule has 1 aromatic heterocycles. The SMILES string of the molecule is CC(C)NC(=O)N(CC(=O)N1CCn2cccc2C1c1cccc(Cl)c1)C(C)(C)C. The predicted molar refractivity (Wildman–Crippen MR) is 120 cm³/mol. The minimum atomic E-state index is -0.490. The van der Waals surface area contributed by atoms with Crippen LogP contribution in [0.25, 0.3) is 0 Å². The van der Waals surface area contributed by atoms with Crippen LogP contribution in [0.4, 0.5) is 4.79 Å². The van der Waals surface area contributed by atoms with Crippen molar-refractivity contribution in [3.63, 3.8) is 0 Å². The Labute approximate surface area is 183 Å². The van der Waals surface area contributed by atoms with Crippen molar-refractivity contribution in [2.24, 2.45) is 0 Å². The molecule has 30 heavy (non-hydrogen) atoms. The highest BCUT2D eigenvalue weighted by Gasteiger charge is 2.36. The van der Waals surface area contributed by atoms with Crippen LogP contribution in [0, 0.1) is 0 Å². The molecular weight excluding hydrogens is 400 g/mol. The van der Waals surface area contributed by atoms with Gasteiger partial charge in [-0.05, 0) is 64.4 Å². The molecule has 0 spiro atoms. The normalized spacial score (nSPS) is 16.4. The Bertz CT molecular complexity index is 916. The maximum atomic E-state index is 13.5. The molecule has 3 amide bonds. The fourth-order valence-corrected chi connectivity index (χ4v) is 4.04. The summed E-state index contributed by atoms with van der Waals surface area (Å²) in [6.45, 7) is 10.9. The smallest absolute Gasteiger partial charge is 0.318 e. The van der Waals surface area contributed by atoms with E-state index >= 15 is 0 Å². The van der Waals surface area contributed by atoms with Crippen molar-refractivity contribution in [3.8, 4) is 0 Å². The summed E-state index contributed by atoms with van der Waals surface area (Å²) in [7, 11) is 0. The predicted octanol–water partition coefficient (Wildman–Crippen LogP) is 4.29. The lowest BCUT2D eigenvalue weighted by Crippen LogP contribution is -2.56. The van der Waals surface area contributed by atoms with Crippen LogP contribution in [0.5, 0.6) is 0 Å². The highest BCUT2D eigenvalue weighted by atomic mass is 35.5. The largest absolute Gasteiger partial charge is 0.348 e. The Hall–Kier alpha value is -2.47. The van der Waals surface area contributed by atoms with E-state index in [9.17, 15) is 9.59 Å². The minimum absolute atomic E-state index is 0.00470. The summed E-state index contributed by atoms with van der Waals surface area (Å²) in [6.07, 6.45) is 2.03. The van der Waals surface area contributed by atoms with E-state index < -0.39 is 5.54 Å². The number of carbonyl (C=O) groups excluding carboxylic acids is 2. The van der Waals surface area contributed by atoms with E-state index in [0.29, 0.717) is 11.6 Å². The number of hydrogen-bond donors (Lipinski definition) is 1. The molecule has 1 aliphatic heterocycles. The first kappa shape index (κ1) is 22.2. The molecule has 1 unspecified atom stereocenters. The van der Waals surface area contributed by atoms with Gasteiger partial charge in [0.2, 0.25) is 5.91 Å². The molecule has 2 aromatic rings. The average Bonchev–Trinajstić information content (AvgIpc) is 3.12. The summed E-state index contributed by atoms with van der Waals surface area (Å²) in [6, 6.07) is 11.2. The van der Waals surface area contributed by atoms with Gasteiger partial charge in [0.05, 0.1) is 6.04 Å². The molecule has 0 aliphatic carbocycles. The molecule has 0 bridgehead atoms. The minimum Gasteiger partial charge on any atom is -0.348 e. The molecule has 0 fully saturated rings. The van der Waals surface area contributed by atoms with E-state index in [4.69, 9.17) is 11.6 Å². The van der Waals surface area contributed by atoms with E-state index in [0.717, 1.165) is 17.8 Å². The third kappa shape index (κ3) is 4.81. The summed E-state index contributed by atoms with van der Waals surface area (Å²) in [4.78, 5) is 29.8. The number of benzene rings is 1. The van der Waals surface area contributed by atoms with Crippen LogP contribution in [0.3, 0.4) is 0 Å². The Morgan fingerprint density at radius 1 is 1.20 bits per heavy atom. The van der Waals surface area contributed by atoms with Crippen molar-refractivity contribution in [1.29, 1.82) is 0 Å². The molecule has 0 saturated carbocycles. The Morgan fingerprint density at radius 2 is 1.93 bits per heavy atom. The number of hydrogen-bond acceptors (Lipinski definition) is 2. The first-order valence-electron chi connectivity index (χ1n) is 10.4. The molecule has 1 aromatic carbocycles. The van der Waals surface area contributed by atoms with Crippen molar-refractivity contribution < 1.29 is 9.59 Å². The van der Waals surface area contributed by atoms with Crippen molar-refractivity contribution in [3.05, 3.63) is 58.9 Å². The summed E-state index contributed by atoms with van der Waals surface area (Å²) in [5, 5.41) is 3.55. The number of amides is 3. The lowest BCUT2D eigenvalue weighted by molar-refractivity contribution is -0.135. The number of rotatable bonds is 4. The molecule has 0 radical (unpaired) electrons. The highest BCUT2D eigenvalue weighted by Crippen LogP contribution is 2.34. The monoisotopic (exact) mass is 430 g/mol. The number of carbonyl (C=O) groups is 2. The summed E-state index contributed by atoms with van der Waals surface area (Å²) >= 11 is 6.26. The van der Waals surface area contributed by atoms with Gasteiger partial charge < -0.3 is 19.7 Å². The van der Waals surface area contributed by atoms with Crippen LogP contribution in [0.15, 0.2) is 42.6 Å². The van der Waals surface area contributed by atoms with Gasteiger partial charge in [-0.1, -0.05) is 23.7 Å². The van der Waals surface area contributed by atoms with E-state index in [-0.39, 0.29) is 30.6 Å². The molecule has 1 atom stereocenters. The van der Waals surface area contributed by atoms with Crippen LogP contribution >= 0.6 is 11.6 Å². The van der Waals surface area contributed by atoms with Gasteiger partial charge in [0.1, 0.15) is 6.54 Å². The molecule has 7 heteroatoms. The molecule has 3 rings (SSSR count). The third-order valence-corrected chi connectivity index (χ3v) is 5.52. The lowest BCUT2D eigenvalue weighted by Gasteiger charge is -2.41. The van der Waals surface area contributed by atoms with Crippen LogP contribution in [0.2, 0.25) is 5.02 Å². The van der Waals surface area contributed by atoms with Crippen molar-refractivity contribution >= 4 is 23.5 Å². The molecule has 0 saturated heterocycles. The second-order valence-corrected chi connectivity index (χ2v) is 9.47. The second kappa shape index (κ2) is 8.72. The molecular formula is C23H31ClN4O2. The number of aromatic nitrogens is 1. The fourth-order valence-electron chi connectivity index (χ4n) is 3.84. The van der Waals surface area contributed by atoms with Gasteiger partial charge in [-0.3, -0.25) is 4.79 Å².